The Balaban J connectivity index is 1.83. The van der Waals surface area contributed by atoms with E-state index in [1.807, 2.05) is 37.6 Å². The number of H-pyrrole nitrogens is 1. The summed E-state index contributed by atoms with van der Waals surface area (Å²) in [5, 5.41) is 7.07. The molecule has 0 unspecified atom stereocenters. The number of imidazole rings is 1. The second-order valence-corrected chi connectivity index (χ2v) is 9.13. The van der Waals surface area contributed by atoms with Crippen molar-refractivity contribution in [3.8, 4) is 10.6 Å². The molecule has 2 N–H and O–H groups in total. The lowest BCUT2D eigenvalue weighted by molar-refractivity contribution is 0.549. The van der Waals surface area contributed by atoms with E-state index < -0.39 is 10.0 Å². The largest absolute Gasteiger partial charge is 0.331 e. The first-order valence-corrected chi connectivity index (χ1v) is 10.2. The minimum atomic E-state index is -3.62. The molecule has 7 nitrogen and oxygen atoms in total. The summed E-state index contributed by atoms with van der Waals surface area (Å²) in [5.74, 6) is 0.689. The van der Waals surface area contributed by atoms with Crippen molar-refractivity contribution < 1.29 is 8.42 Å². The maximum atomic E-state index is 12.7. The second kappa shape index (κ2) is 6.74. The summed E-state index contributed by atoms with van der Waals surface area (Å²) in [4.78, 5) is 6.08. The Hall–Kier alpha value is -1.97. The molecule has 0 atom stereocenters. The van der Waals surface area contributed by atoms with Crippen molar-refractivity contribution in [1.82, 2.24) is 24.5 Å². The molecule has 3 rings (SSSR count). The predicted octanol–water partition coefficient (Wildman–Crippen LogP) is 3.01. The fraction of sp³-hybridized carbons (Fsp3) is 0.375. The van der Waals surface area contributed by atoms with Gasteiger partial charge in [0.25, 0.3) is 0 Å². The van der Waals surface area contributed by atoms with Gasteiger partial charge in [-0.2, -0.15) is 5.10 Å². The van der Waals surface area contributed by atoms with Crippen LogP contribution in [0, 0.1) is 13.8 Å². The number of hydrogen-bond acceptors (Lipinski definition) is 5. The molecular formula is C16H21N5O2S2. The van der Waals surface area contributed by atoms with Crippen LogP contribution in [-0.4, -0.2) is 28.2 Å². The molecule has 3 heterocycles. The number of aromatic nitrogens is 4. The fourth-order valence-corrected chi connectivity index (χ4v) is 5.12. The molecule has 3 aromatic heterocycles. The van der Waals surface area contributed by atoms with Gasteiger partial charge in [0, 0.05) is 29.0 Å². The summed E-state index contributed by atoms with van der Waals surface area (Å²) in [6, 6.07) is 3.79. The molecule has 25 heavy (non-hydrogen) atoms. The van der Waals surface area contributed by atoms with Gasteiger partial charge in [-0.25, -0.2) is 18.1 Å². The van der Waals surface area contributed by atoms with Crippen LogP contribution in [0.3, 0.4) is 0 Å². The van der Waals surface area contributed by atoms with E-state index in [2.05, 4.69) is 19.9 Å². The van der Waals surface area contributed by atoms with E-state index in [4.69, 9.17) is 0 Å². The third-order valence-electron chi connectivity index (χ3n) is 3.85. The van der Waals surface area contributed by atoms with Crippen LogP contribution in [0.4, 0.5) is 0 Å². The summed E-state index contributed by atoms with van der Waals surface area (Å²) in [5.41, 5.74) is 1.69. The van der Waals surface area contributed by atoms with E-state index in [1.54, 1.807) is 19.2 Å². The van der Waals surface area contributed by atoms with Crippen LogP contribution in [0.2, 0.25) is 0 Å². The molecule has 3 aromatic rings. The molecule has 9 heteroatoms. The highest BCUT2D eigenvalue weighted by molar-refractivity contribution is 7.89. The molecule has 0 aliphatic carbocycles. The molecule has 0 saturated heterocycles. The Morgan fingerprint density at radius 1 is 1.32 bits per heavy atom. The molecule has 134 valence electrons. The lowest BCUT2D eigenvalue weighted by Gasteiger charge is -2.12. The SMILES string of the molecule is Cc1cc(-c2cc(S(=O)(=O)NCc3nccn3C(C)C)c(C)s2)n[nH]1. The first kappa shape index (κ1) is 17.8. The van der Waals surface area contributed by atoms with Crippen LogP contribution in [0.5, 0.6) is 0 Å². The number of nitrogens with one attached hydrogen (secondary N) is 2. The average Bonchev–Trinajstić information content (AvgIpc) is 3.24. The molecule has 0 saturated carbocycles. The van der Waals surface area contributed by atoms with E-state index in [1.165, 1.54) is 11.3 Å². The van der Waals surface area contributed by atoms with Gasteiger partial charge in [-0.3, -0.25) is 5.10 Å². The van der Waals surface area contributed by atoms with E-state index in [-0.39, 0.29) is 17.5 Å². The van der Waals surface area contributed by atoms with E-state index in [9.17, 15) is 8.42 Å². The highest BCUT2D eigenvalue weighted by Gasteiger charge is 2.22. The van der Waals surface area contributed by atoms with Gasteiger partial charge in [-0.15, -0.1) is 11.3 Å². The van der Waals surface area contributed by atoms with E-state index >= 15 is 0 Å². The van der Waals surface area contributed by atoms with Crippen LogP contribution in [0.25, 0.3) is 10.6 Å². The lowest BCUT2D eigenvalue weighted by atomic mass is 10.3. The van der Waals surface area contributed by atoms with Gasteiger partial charge in [-0.05, 0) is 39.8 Å². The quantitative estimate of drug-likeness (QED) is 0.688. The summed E-state index contributed by atoms with van der Waals surface area (Å²) >= 11 is 1.42. The molecule has 0 amide bonds. The summed E-state index contributed by atoms with van der Waals surface area (Å²) < 4.78 is 30.0. The highest BCUT2D eigenvalue weighted by Crippen LogP contribution is 2.32. The topological polar surface area (TPSA) is 92.7 Å². The van der Waals surface area contributed by atoms with Crippen molar-refractivity contribution in [2.45, 2.75) is 45.2 Å². The normalized spacial score (nSPS) is 12.2. The summed E-state index contributed by atoms with van der Waals surface area (Å²) in [6.07, 6.45) is 3.53. The van der Waals surface area contributed by atoms with Crippen molar-refractivity contribution >= 4 is 21.4 Å². The number of aromatic amines is 1. The fourth-order valence-electron chi connectivity index (χ4n) is 2.59. The zero-order valence-corrected chi connectivity index (χ0v) is 16.2. The Bertz CT molecular complexity index is 982. The third-order valence-corrected chi connectivity index (χ3v) is 6.58. The van der Waals surface area contributed by atoms with Gasteiger partial charge in [0.15, 0.2) is 0 Å². The summed E-state index contributed by atoms with van der Waals surface area (Å²) in [6.45, 7) is 7.92. The molecule has 0 radical (unpaired) electrons. The van der Waals surface area contributed by atoms with Crippen LogP contribution in [-0.2, 0) is 16.6 Å². The minimum Gasteiger partial charge on any atom is -0.331 e. The van der Waals surface area contributed by atoms with Gasteiger partial charge >= 0.3 is 0 Å². The highest BCUT2D eigenvalue weighted by atomic mass is 32.2. The Kier molecular flexibility index (Phi) is 4.81. The maximum absolute atomic E-state index is 12.7. The zero-order valence-electron chi connectivity index (χ0n) is 14.6. The number of aryl methyl sites for hydroxylation is 2. The van der Waals surface area contributed by atoms with Crippen molar-refractivity contribution in [2.75, 3.05) is 0 Å². The Morgan fingerprint density at radius 3 is 2.72 bits per heavy atom. The average molecular weight is 380 g/mol. The Morgan fingerprint density at radius 2 is 2.08 bits per heavy atom. The molecule has 0 spiro atoms. The standard InChI is InChI=1S/C16H21N5O2S2/c1-10(2)21-6-5-17-16(21)9-18-25(22,23)15-8-14(24-12(15)4)13-7-11(3)19-20-13/h5-8,10,18H,9H2,1-4H3,(H,19,20). The van der Waals surface area contributed by atoms with Gasteiger partial charge in [0.1, 0.15) is 11.5 Å². The second-order valence-electron chi connectivity index (χ2n) is 6.14. The van der Waals surface area contributed by atoms with Gasteiger partial charge in [0.2, 0.25) is 10.0 Å². The molecular weight excluding hydrogens is 358 g/mol. The number of nitrogens with zero attached hydrogens (tertiary/aromatic N) is 3. The van der Waals surface area contributed by atoms with Crippen molar-refractivity contribution in [2.24, 2.45) is 0 Å². The smallest absolute Gasteiger partial charge is 0.242 e. The maximum Gasteiger partial charge on any atom is 0.242 e. The molecule has 0 fully saturated rings. The lowest BCUT2D eigenvalue weighted by Crippen LogP contribution is -2.25. The van der Waals surface area contributed by atoms with Crippen molar-refractivity contribution in [3.05, 3.63) is 40.9 Å². The molecule has 0 aliphatic heterocycles. The van der Waals surface area contributed by atoms with E-state index in [0.717, 1.165) is 21.1 Å². The number of sulfonamides is 1. The molecule has 0 aromatic carbocycles. The third kappa shape index (κ3) is 3.68. The minimum absolute atomic E-state index is 0.152. The van der Waals surface area contributed by atoms with Gasteiger partial charge in [-0.1, -0.05) is 0 Å². The van der Waals surface area contributed by atoms with Crippen LogP contribution in [0.15, 0.2) is 29.4 Å². The Labute approximate surface area is 151 Å². The van der Waals surface area contributed by atoms with E-state index in [0.29, 0.717) is 5.82 Å². The predicted molar refractivity (Wildman–Crippen MR) is 98.0 cm³/mol. The first-order chi connectivity index (χ1) is 11.8. The number of hydrogen-bond donors (Lipinski definition) is 2. The zero-order chi connectivity index (χ0) is 18.2. The van der Waals surface area contributed by atoms with Gasteiger partial charge in [0.05, 0.1) is 16.3 Å². The summed E-state index contributed by atoms with van der Waals surface area (Å²) in [7, 11) is -3.62. The molecule has 0 bridgehead atoms. The molecule has 0 aliphatic rings. The van der Waals surface area contributed by atoms with Gasteiger partial charge < -0.3 is 4.57 Å². The number of rotatable bonds is 6. The number of thiophene rings is 1. The van der Waals surface area contributed by atoms with Crippen molar-refractivity contribution in [3.63, 3.8) is 0 Å². The van der Waals surface area contributed by atoms with Crippen LogP contribution < -0.4 is 4.72 Å². The first-order valence-electron chi connectivity index (χ1n) is 7.92. The van der Waals surface area contributed by atoms with Crippen LogP contribution in [0.1, 0.15) is 36.3 Å². The van der Waals surface area contributed by atoms with Crippen LogP contribution >= 0.6 is 11.3 Å². The van der Waals surface area contributed by atoms with Crippen molar-refractivity contribution in [1.29, 1.82) is 0 Å². The monoisotopic (exact) mass is 379 g/mol.